The third kappa shape index (κ3) is 5.23. The Kier molecular flexibility index (Phi) is 5.71. The third-order valence-electron chi connectivity index (χ3n) is 2.37. The molecule has 98 valence electrons. The molecule has 0 saturated heterocycles. The molecular weight excluding hydrogens is 250 g/mol. The Morgan fingerprint density at radius 2 is 1.94 bits per heavy atom. The van der Waals surface area contributed by atoms with Crippen molar-refractivity contribution in [3.05, 3.63) is 29.8 Å². The summed E-state index contributed by atoms with van der Waals surface area (Å²) in [6.45, 7) is 3.47. The minimum Gasteiger partial charge on any atom is -0.480 e. The lowest BCUT2D eigenvalue weighted by molar-refractivity contribution is -0.141. The van der Waals surface area contributed by atoms with Crippen LogP contribution in [-0.2, 0) is 9.59 Å². The van der Waals surface area contributed by atoms with Crippen LogP contribution in [-0.4, -0.2) is 28.8 Å². The molecule has 1 atom stereocenters. The summed E-state index contributed by atoms with van der Waals surface area (Å²) in [5.74, 6) is -0.611. The number of thioether (sulfide) groups is 1. The largest absolute Gasteiger partial charge is 0.480 e. The predicted molar refractivity (Wildman–Crippen MR) is 71.8 cm³/mol. The van der Waals surface area contributed by atoms with Crippen LogP contribution < -0.4 is 5.32 Å². The van der Waals surface area contributed by atoms with Gasteiger partial charge in [0.05, 0.1) is 0 Å². The minimum absolute atomic E-state index is 0.232. The molecule has 18 heavy (non-hydrogen) atoms. The molecule has 1 aromatic carbocycles. The maximum Gasteiger partial charge on any atom is 0.325 e. The Labute approximate surface area is 111 Å². The Morgan fingerprint density at radius 1 is 1.33 bits per heavy atom. The molecule has 1 aromatic rings. The van der Waals surface area contributed by atoms with E-state index in [1.165, 1.54) is 12.5 Å². The molecule has 4 nitrogen and oxygen atoms in total. The van der Waals surface area contributed by atoms with Crippen LogP contribution in [0.1, 0.15) is 18.9 Å². The topological polar surface area (TPSA) is 66.4 Å². The molecule has 0 aliphatic heterocycles. The first-order chi connectivity index (χ1) is 8.49. The van der Waals surface area contributed by atoms with Crippen LogP contribution in [0.15, 0.2) is 29.2 Å². The molecule has 0 aliphatic rings. The zero-order chi connectivity index (χ0) is 13.5. The van der Waals surface area contributed by atoms with Gasteiger partial charge in [-0.3, -0.25) is 9.59 Å². The molecule has 0 heterocycles. The summed E-state index contributed by atoms with van der Waals surface area (Å²) in [7, 11) is 0. The number of carbonyl (C=O) groups is 2. The fraction of sp³-hybridized carbons (Fsp3) is 0.385. The lowest BCUT2D eigenvalue weighted by Gasteiger charge is -2.08. The second-order valence-corrected chi connectivity index (χ2v) is 5.21. The summed E-state index contributed by atoms with van der Waals surface area (Å²) in [6.07, 6.45) is 0.316. The predicted octanol–water partition coefficient (Wildman–Crippen LogP) is 2.07. The van der Waals surface area contributed by atoms with Gasteiger partial charge in [-0.15, -0.1) is 11.8 Å². The number of hydrogen-bond acceptors (Lipinski definition) is 3. The van der Waals surface area contributed by atoms with Crippen LogP contribution in [0.25, 0.3) is 0 Å². The molecule has 0 aromatic heterocycles. The number of benzene rings is 1. The number of carboxylic acids is 1. The first-order valence-electron chi connectivity index (χ1n) is 5.70. The molecular formula is C13H17NO3S. The van der Waals surface area contributed by atoms with E-state index >= 15 is 0 Å². The van der Waals surface area contributed by atoms with Gasteiger partial charge in [-0.05, 0) is 26.0 Å². The quantitative estimate of drug-likeness (QED) is 0.774. The van der Waals surface area contributed by atoms with Crippen molar-refractivity contribution in [3.63, 3.8) is 0 Å². The van der Waals surface area contributed by atoms with Crippen LogP contribution in [0.3, 0.4) is 0 Å². The first-order valence-corrected chi connectivity index (χ1v) is 6.69. The molecule has 0 radical (unpaired) electrons. The molecule has 1 amide bonds. The number of rotatable bonds is 6. The van der Waals surface area contributed by atoms with E-state index in [1.807, 2.05) is 31.2 Å². The monoisotopic (exact) mass is 267 g/mol. The van der Waals surface area contributed by atoms with Crippen molar-refractivity contribution in [2.24, 2.45) is 0 Å². The van der Waals surface area contributed by atoms with Crippen LogP contribution in [0.4, 0.5) is 0 Å². The second-order valence-electron chi connectivity index (χ2n) is 4.04. The number of aryl methyl sites for hydroxylation is 1. The number of nitrogens with one attached hydrogen (secondary N) is 1. The highest BCUT2D eigenvalue weighted by molar-refractivity contribution is 7.99. The van der Waals surface area contributed by atoms with Crippen molar-refractivity contribution in [2.45, 2.75) is 31.2 Å². The fourth-order valence-electron chi connectivity index (χ4n) is 1.27. The van der Waals surface area contributed by atoms with Crippen molar-refractivity contribution in [2.75, 3.05) is 5.75 Å². The van der Waals surface area contributed by atoms with E-state index < -0.39 is 12.0 Å². The Morgan fingerprint density at radius 3 is 2.50 bits per heavy atom. The molecule has 2 N–H and O–H groups in total. The van der Waals surface area contributed by atoms with Gasteiger partial charge in [0.1, 0.15) is 6.04 Å². The molecule has 0 bridgehead atoms. The van der Waals surface area contributed by atoms with Gasteiger partial charge in [0.25, 0.3) is 0 Å². The van der Waals surface area contributed by atoms with Gasteiger partial charge in [0, 0.05) is 17.1 Å². The second kappa shape index (κ2) is 7.06. The third-order valence-corrected chi connectivity index (χ3v) is 3.38. The summed E-state index contributed by atoms with van der Waals surface area (Å²) in [5.41, 5.74) is 1.20. The summed E-state index contributed by atoms with van der Waals surface area (Å²) >= 11 is 1.58. The zero-order valence-corrected chi connectivity index (χ0v) is 11.3. The van der Waals surface area contributed by atoms with Gasteiger partial charge >= 0.3 is 5.97 Å². The van der Waals surface area contributed by atoms with Gasteiger partial charge in [-0.25, -0.2) is 0 Å². The first kappa shape index (κ1) is 14.6. The smallest absolute Gasteiger partial charge is 0.325 e. The van der Waals surface area contributed by atoms with Gasteiger partial charge in [-0.1, -0.05) is 17.7 Å². The number of aliphatic carboxylic acids is 1. The van der Waals surface area contributed by atoms with Crippen molar-refractivity contribution < 1.29 is 14.7 Å². The SMILES string of the molecule is Cc1ccc(SCCC(=O)N[C@H](C)C(=O)O)cc1. The Bertz CT molecular complexity index is 417. The number of carbonyl (C=O) groups excluding carboxylic acids is 1. The van der Waals surface area contributed by atoms with E-state index in [2.05, 4.69) is 5.32 Å². The molecule has 0 aliphatic carbocycles. The van der Waals surface area contributed by atoms with Gasteiger partial charge in [-0.2, -0.15) is 0 Å². The maximum atomic E-state index is 11.4. The highest BCUT2D eigenvalue weighted by Crippen LogP contribution is 2.18. The van der Waals surface area contributed by atoms with E-state index in [9.17, 15) is 9.59 Å². The van der Waals surface area contributed by atoms with Gasteiger partial charge in [0.15, 0.2) is 0 Å². The Hall–Kier alpha value is -1.49. The summed E-state index contributed by atoms with van der Waals surface area (Å²) in [4.78, 5) is 23.1. The van der Waals surface area contributed by atoms with Crippen LogP contribution in [0.2, 0.25) is 0 Å². The van der Waals surface area contributed by atoms with E-state index in [-0.39, 0.29) is 5.91 Å². The Balaban J connectivity index is 2.27. The fourth-order valence-corrected chi connectivity index (χ4v) is 2.12. The van der Waals surface area contributed by atoms with E-state index in [4.69, 9.17) is 5.11 Å². The van der Waals surface area contributed by atoms with E-state index in [0.717, 1.165) is 4.90 Å². The number of carboxylic acid groups (broad SMARTS) is 1. The zero-order valence-electron chi connectivity index (χ0n) is 10.5. The molecule has 5 heteroatoms. The van der Waals surface area contributed by atoms with Gasteiger partial charge < -0.3 is 10.4 Å². The number of hydrogen-bond donors (Lipinski definition) is 2. The highest BCUT2D eigenvalue weighted by Gasteiger charge is 2.13. The molecule has 0 spiro atoms. The maximum absolute atomic E-state index is 11.4. The van der Waals surface area contributed by atoms with Crippen molar-refractivity contribution in [1.29, 1.82) is 0 Å². The van der Waals surface area contributed by atoms with Crippen LogP contribution in [0.5, 0.6) is 0 Å². The van der Waals surface area contributed by atoms with Gasteiger partial charge in [0.2, 0.25) is 5.91 Å². The van der Waals surface area contributed by atoms with Crippen molar-refractivity contribution in [3.8, 4) is 0 Å². The summed E-state index contributed by atoms with van der Waals surface area (Å²) < 4.78 is 0. The average Bonchev–Trinajstić information content (AvgIpc) is 2.31. The summed E-state index contributed by atoms with van der Waals surface area (Å²) in [5, 5.41) is 11.1. The minimum atomic E-state index is -1.02. The van der Waals surface area contributed by atoms with Crippen molar-refractivity contribution >= 4 is 23.6 Å². The molecule has 1 rings (SSSR count). The van der Waals surface area contributed by atoms with E-state index in [0.29, 0.717) is 12.2 Å². The lowest BCUT2D eigenvalue weighted by Crippen LogP contribution is -2.38. The molecule has 0 saturated carbocycles. The molecule has 0 fully saturated rings. The summed E-state index contributed by atoms with van der Waals surface area (Å²) in [6, 6.07) is 7.24. The normalized spacial score (nSPS) is 11.9. The van der Waals surface area contributed by atoms with Crippen LogP contribution in [0, 0.1) is 6.92 Å². The van der Waals surface area contributed by atoms with E-state index in [1.54, 1.807) is 11.8 Å². The standard InChI is InChI=1S/C13H17NO3S/c1-9-3-5-11(6-4-9)18-8-7-12(15)14-10(2)13(16)17/h3-6,10H,7-8H2,1-2H3,(H,14,15)(H,16,17)/t10-/m1/s1. The average molecular weight is 267 g/mol. The molecule has 0 unspecified atom stereocenters. The number of amides is 1. The van der Waals surface area contributed by atoms with Crippen LogP contribution >= 0.6 is 11.8 Å². The highest BCUT2D eigenvalue weighted by atomic mass is 32.2. The van der Waals surface area contributed by atoms with Crippen molar-refractivity contribution in [1.82, 2.24) is 5.32 Å². The lowest BCUT2D eigenvalue weighted by atomic mass is 10.2.